The molecule has 0 amide bonds. The number of likely N-dealkylation sites (tertiary alicyclic amines) is 1. The number of hydrogen-bond donors (Lipinski definition) is 0. The maximum Gasteiger partial charge on any atom is 0.0886 e. The molecule has 23 heavy (non-hydrogen) atoms. The molecular formula is C19H28N4. The van der Waals surface area contributed by atoms with Crippen molar-refractivity contribution in [3.63, 3.8) is 0 Å². The molecule has 3 rings (SSSR count). The van der Waals surface area contributed by atoms with Crippen molar-refractivity contribution in [2.45, 2.75) is 58.5 Å². The number of nitrogens with zero attached hydrogens (tertiary/aromatic N) is 4. The van der Waals surface area contributed by atoms with Gasteiger partial charge in [0.2, 0.25) is 0 Å². The molecule has 4 heteroatoms. The Morgan fingerprint density at radius 3 is 2.91 bits per heavy atom. The van der Waals surface area contributed by atoms with Gasteiger partial charge in [0, 0.05) is 36.9 Å². The second-order valence-corrected chi connectivity index (χ2v) is 6.82. The molecule has 0 radical (unpaired) electrons. The average molecular weight is 312 g/mol. The first kappa shape index (κ1) is 16.2. The van der Waals surface area contributed by atoms with Crippen LogP contribution >= 0.6 is 0 Å². The molecule has 2 aromatic heterocycles. The van der Waals surface area contributed by atoms with Gasteiger partial charge in [0.15, 0.2) is 0 Å². The normalized spacial score (nSPS) is 19.4. The zero-order valence-electron chi connectivity index (χ0n) is 14.6. The number of piperidine rings is 1. The molecule has 1 atom stereocenters. The fourth-order valence-electron chi connectivity index (χ4n) is 3.48. The number of pyridine rings is 1. The van der Waals surface area contributed by atoms with E-state index in [0.29, 0.717) is 12.0 Å². The summed E-state index contributed by atoms with van der Waals surface area (Å²) in [4.78, 5) is 7.56. The number of hydrogen-bond acceptors (Lipinski definition) is 3. The van der Waals surface area contributed by atoms with Crippen molar-refractivity contribution in [3.8, 4) is 11.4 Å². The molecule has 0 spiro atoms. The zero-order chi connectivity index (χ0) is 16.2. The Kier molecular flexibility index (Phi) is 5.11. The molecule has 1 fully saturated rings. The van der Waals surface area contributed by atoms with Gasteiger partial charge in [0.1, 0.15) is 0 Å². The summed E-state index contributed by atoms with van der Waals surface area (Å²) in [5.74, 6) is 0.550. The highest BCUT2D eigenvalue weighted by Gasteiger charge is 2.24. The molecule has 0 aromatic carbocycles. The molecule has 1 saturated heterocycles. The van der Waals surface area contributed by atoms with E-state index in [2.05, 4.69) is 59.7 Å². The van der Waals surface area contributed by atoms with Gasteiger partial charge < -0.3 is 4.90 Å². The summed E-state index contributed by atoms with van der Waals surface area (Å²) < 4.78 is 2.06. The summed E-state index contributed by atoms with van der Waals surface area (Å²) in [5.41, 5.74) is 3.41. The van der Waals surface area contributed by atoms with Crippen molar-refractivity contribution in [1.29, 1.82) is 0 Å². The van der Waals surface area contributed by atoms with Crippen molar-refractivity contribution >= 4 is 0 Å². The molecular weight excluding hydrogens is 284 g/mol. The third-order valence-corrected chi connectivity index (χ3v) is 4.79. The quantitative estimate of drug-likeness (QED) is 0.838. The molecule has 0 N–H and O–H groups in total. The summed E-state index contributed by atoms with van der Waals surface area (Å²) in [6.07, 6.45) is 5.47. The monoisotopic (exact) mass is 312 g/mol. The van der Waals surface area contributed by atoms with E-state index >= 15 is 0 Å². The van der Waals surface area contributed by atoms with Crippen LogP contribution < -0.4 is 0 Å². The van der Waals surface area contributed by atoms with E-state index in [-0.39, 0.29) is 0 Å². The molecule has 2 aromatic rings. The Morgan fingerprint density at radius 2 is 2.13 bits per heavy atom. The third kappa shape index (κ3) is 3.63. The standard InChI is InChI=1S/C19H28N4/c1-4-12-23-19(10-11-20-23)18-9-5-8-17(21-18)16-7-6-13-22(14-16)15(2)3/h5,8-11,15-16H,4,6-7,12-14H2,1-3H3. The van der Waals surface area contributed by atoms with Crippen LogP contribution in [0.15, 0.2) is 30.5 Å². The van der Waals surface area contributed by atoms with Gasteiger partial charge in [0.25, 0.3) is 0 Å². The van der Waals surface area contributed by atoms with E-state index < -0.39 is 0 Å². The minimum absolute atomic E-state index is 0.550. The SMILES string of the molecule is CCCn1nccc1-c1cccc(C2CCCN(C(C)C)C2)n1. The predicted molar refractivity (Wildman–Crippen MR) is 94.4 cm³/mol. The van der Waals surface area contributed by atoms with Crippen LogP contribution in [0.3, 0.4) is 0 Å². The minimum atomic E-state index is 0.550. The molecule has 0 bridgehead atoms. The van der Waals surface area contributed by atoms with Crippen LogP contribution in [0.25, 0.3) is 11.4 Å². The largest absolute Gasteiger partial charge is 0.300 e. The molecule has 0 aliphatic carbocycles. The smallest absolute Gasteiger partial charge is 0.0886 e. The average Bonchev–Trinajstić information content (AvgIpc) is 3.04. The maximum absolute atomic E-state index is 4.99. The predicted octanol–water partition coefficient (Wildman–Crippen LogP) is 3.94. The van der Waals surface area contributed by atoms with Crippen LogP contribution in [0.5, 0.6) is 0 Å². The summed E-state index contributed by atoms with van der Waals surface area (Å²) in [6, 6.07) is 9.14. The lowest BCUT2D eigenvalue weighted by Crippen LogP contribution is -2.39. The van der Waals surface area contributed by atoms with Gasteiger partial charge in [-0.2, -0.15) is 5.10 Å². The first-order chi connectivity index (χ1) is 11.2. The van der Waals surface area contributed by atoms with Crippen molar-refractivity contribution in [2.75, 3.05) is 13.1 Å². The maximum atomic E-state index is 4.99. The molecule has 0 saturated carbocycles. The van der Waals surface area contributed by atoms with E-state index in [0.717, 1.165) is 30.9 Å². The van der Waals surface area contributed by atoms with Gasteiger partial charge in [-0.25, -0.2) is 0 Å². The highest BCUT2D eigenvalue weighted by atomic mass is 15.3. The lowest BCUT2D eigenvalue weighted by Gasteiger charge is -2.35. The summed E-state index contributed by atoms with van der Waals surface area (Å²) in [7, 11) is 0. The van der Waals surface area contributed by atoms with E-state index in [1.807, 2.05) is 6.20 Å². The molecule has 124 valence electrons. The number of aryl methyl sites for hydroxylation is 1. The molecule has 1 aliphatic rings. The van der Waals surface area contributed by atoms with Crippen LogP contribution in [0.4, 0.5) is 0 Å². The Balaban J connectivity index is 1.83. The van der Waals surface area contributed by atoms with E-state index in [4.69, 9.17) is 4.98 Å². The number of rotatable bonds is 5. The van der Waals surface area contributed by atoms with Crippen LogP contribution in [0, 0.1) is 0 Å². The van der Waals surface area contributed by atoms with Crippen LogP contribution in [0.1, 0.15) is 51.6 Å². The van der Waals surface area contributed by atoms with Gasteiger partial charge in [-0.1, -0.05) is 13.0 Å². The highest BCUT2D eigenvalue weighted by molar-refractivity contribution is 5.54. The van der Waals surface area contributed by atoms with Gasteiger partial charge in [-0.3, -0.25) is 9.67 Å². The Hall–Kier alpha value is -1.68. The highest BCUT2D eigenvalue weighted by Crippen LogP contribution is 2.28. The topological polar surface area (TPSA) is 34.0 Å². The van der Waals surface area contributed by atoms with E-state index in [1.165, 1.54) is 25.1 Å². The first-order valence-corrected chi connectivity index (χ1v) is 8.92. The summed E-state index contributed by atoms with van der Waals surface area (Å²) in [5, 5.41) is 4.43. The van der Waals surface area contributed by atoms with Gasteiger partial charge >= 0.3 is 0 Å². The molecule has 4 nitrogen and oxygen atoms in total. The third-order valence-electron chi connectivity index (χ3n) is 4.79. The van der Waals surface area contributed by atoms with Crippen LogP contribution in [-0.4, -0.2) is 38.8 Å². The van der Waals surface area contributed by atoms with Gasteiger partial charge in [-0.15, -0.1) is 0 Å². The van der Waals surface area contributed by atoms with Crippen LogP contribution in [0.2, 0.25) is 0 Å². The van der Waals surface area contributed by atoms with E-state index in [1.54, 1.807) is 0 Å². The van der Waals surface area contributed by atoms with Crippen molar-refractivity contribution < 1.29 is 0 Å². The molecule has 3 heterocycles. The van der Waals surface area contributed by atoms with Crippen molar-refractivity contribution in [1.82, 2.24) is 19.7 Å². The van der Waals surface area contributed by atoms with Gasteiger partial charge in [-0.05, 0) is 57.9 Å². The Morgan fingerprint density at radius 1 is 1.26 bits per heavy atom. The first-order valence-electron chi connectivity index (χ1n) is 8.92. The molecule has 1 unspecified atom stereocenters. The fourth-order valence-corrected chi connectivity index (χ4v) is 3.48. The van der Waals surface area contributed by atoms with Crippen molar-refractivity contribution in [3.05, 3.63) is 36.2 Å². The van der Waals surface area contributed by atoms with E-state index in [9.17, 15) is 0 Å². The lowest BCUT2D eigenvalue weighted by molar-refractivity contribution is 0.166. The molecule has 1 aliphatic heterocycles. The minimum Gasteiger partial charge on any atom is -0.300 e. The lowest BCUT2D eigenvalue weighted by atomic mass is 9.93. The number of aromatic nitrogens is 3. The van der Waals surface area contributed by atoms with Crippen LogP contribution in [-0.2, 0) is 6.54 Å². The Labute approximate surface area is 139 Å². The van der Waals surface area contributed by atoms with Gasteiger partial charge in [0.05, 0.1) is 11.4 Å². The second-order valence-electron chi connectivity index (χ2n) is 6.82. The van der Waals surface area contributed by atoms with Crippen molar-refractivity contribution in [2.24, 2.45) is 0 Å². The fraction of sp³-hybridized carbons (Fsp3) is 0.579. The summed E-state index contributed by atoms with van der Waals surface area (Å²) >= 11 is 0. The summed E-state index contributed by atoms with van der Waals surface area (Å²) in [6.45, 7) is 10.0. The zero-order valence-corrected chi connectivity index (χ0v) is 14.6. The Bertz CT molecular complexity index is 632. The second kappa shape index (κ2) is 7.26.